The minimum absolute atomic E-state index is 0.142. The number of nitrogens with one attached hydrogen (secondary N) is 1. The normalized spacial score (nSPS) is 13.7. The lowest BCUT2D eigenvalue weighted by molar-refractivity contribution is 0.171. The van der Waals surface area contributed by atoms with Gasteiger partial charge in [0.25, 0.3) is 0 Å². The summed E-state index contributed by atoms with van der Waals surface area (Å²) in [6.45, 7) is 2.20. The highest BCUT2D eigenvalue weighted by molar-refractivity contribution is 7.89. The van der Waals surface area contributed by atoms with E-state index in [2.05, 4.69) is 4.72 Å². The van der Waals surface area contributed by atoms with Crippen molar-refractivity contribution in [2.24, 2.45) is 0 Å². The summed E-state index contributed by atoms with van der Waals surface area (Å²) in [6.07, 6.45) is 1.60. The van der Waals surface area contributed by atoms with Gasteiger partial charge in [-0.25, -0.2) is 13.1 Å². The predicted octanol–water partition coefficient (Wildman–Crippen LogP) is 1.33. The second-order valence-corrected chi connectivity index (χ2v) is 6.68. The topological polar surface area (TPSA) is 75.6 Å². The minimum Gasteiger partial charge on any atom is -0.391 e. The van der Waals surface area contributed by atoms with Crippen molar-refractivity contribution in [2.75, 3.05) is 13.7 Å². The molecule has 18 heavy (non-hydrogen) atoms. The van der Waals surface area contributed by atoms with E-state index in [1.807, 2.05) is 6.92 Å². The Bertz CT molecular complexity index is 449. The highest BCUT2D eigenvalue weighted by Gasteiger charge is 2.20. The Morgan fingerprint density at radius 1 is 1.56 bits per heavy atom. The summed E-state index contributed by atoms with van der Waals surface area (Å²) < 4.78 is 31.8. The van der Waals surface area contributed by atoms with Gasteiger partial charge in [-0.2, -0.15) is 0 Å². The summed E-state index contributed by atoms with van der Waals surface area (Å²) in [5.41, 5.74) is 0. The zero-order chi connectivity index (χ0) is 13.6. The molecular formula is C11H19NO4S2. The van der Waals surface area contributed by atoms with Gasteiger partial charge in [-0.15, -0.1) is 11.3 Å². The molecule has 0 amide bonds. The standard InChI is InChI=1S/C11H19NO4S2/c1-3-4-9(7-16-2)12-18(14,15)11-5-10(6-13)17-8-11/h5,8-9,12-13H,3-4,6-7H2,1-2H3. The van der Waals surface area contributed by atoms with E-state index in [-0.39, 0.29) is 17.5 Å². The maximum atomic E-state index is 12.1. The quantitative estimate of drug-likeness (QED) is 0.758. The smallest absolute Gasteiger partial charge is 0.241 e. The summed E-state index contributed by atoms with van der Waals surface area (Å²) in [4.78, 5) is 0.836. The van der Waals surface area contributed by atoms with E-state index in [0.29, 0.717) is 11.5 Å². The van der Waals surface area contributed by atoms with Crippen LogP contribution in [0.1, 0.15) is 24.6 Å². The van der Waals surface area contributed by atoms with Crippen molar-refractivity contribution in [1.29, 1.82) is 0 Å². The maximum absolute atomic E-state index is 12.1. The zero-order valence-corrected chi connectivity index (χ0v) is 12.2. The van der Waals surface area contributed by atoms with Crippen molar-refractivity contribution in [3.05, 3.63) is 16.3 Å². The van der Waals surface area contributed by atoms with Gasteiger partial charge in [0.2, 0.25) is 10.0 Å². The summed E-state index contributed by atoms with van der Waals surface area (Å²) in [5.74, 6) is 0. The SMILES string of the molecule is CCCC(COC)NS(=O)(=O)c1csc(CO)c1. The van der Waals surface area contributed by atoms with Crippen LogP contribution in [0.3, 0.4) is 0 Å². The number of hydrogen-bond acceptors (Lipinski definition) is 5. The summed E-state index contributed by atoms with van der Waals surface area (Å²) in [6, 6.07) is 1.27. The van der Waals surface area contributed by atoms with Crippen molar-refractivity contribution in [2.45, 2.75) is 37.3 Å². The molecule has 0 bridgehead atoms. The molecule has 1 atom stereocenters. The van der Waals surface area contributed by atoms with E-state index in [1.54, 1.807) is 7.11 Å². The molecule has 7 heteroatoms. The van der Waals surface area contributed by atoms with Crippen LogP contribution in [-0.4, -0.2) is 33.3 Å². The summed E-state index contributed by atoms with van der Waals surface area (Å²) in [7, 11) is -1.98. The molecule has 0 fully saturated rings. The van der Waals surface area contributed by atoms with Gasteiger partial charge in [-0.1, -0.05) is 13.3 Å². The molecule has 0 saturated heterocycles. The molecule has 0 spiro atoms. The fraction of sp³-hybridized carbons (Fsp3) is 0.636. The Morgan fingerprint density at radius 3 is 2.78 bits per heavy atom. The lowest BCUT2D eigenvalue weighted by Crippen LogP contribution is -2.37. The first-order valence-corrected chi connectivity index (χ1v) is 8.09. The molecule has 1 heterocycles. The molecule has 0 saturated carbocycles. The second kappa shape index (κ2) is 7.20. The van der Waals surface area contributed by atoms with Crippen LogP contribution in [0.2, 0.25) is 0 Å². The van der Waals surface area contributed by atoms with Gasteiger partial charge >= 0.3 is 0 Å². The number of sulfonamides is 1. The molecule has 0 aliphatic carbocycles. The third-order valence-corrected chi connectivity index (χ3v) is 4.99. The minimum atomic E-state index is -3.52. The molecule has 2 N–H and O–H groups in total. The van der Waals surface area contributed by atoms with E-state index in [9.17, 15) is 8.42 Å². The zero-order valence-electron chi connectivity index (χ0n) is 10.5. The number of rotatable bonds is 8. The van der Waals surface area contributed by atoms with E-state index in [0.717, 1.165) is 12.8 Å². The van der Waals surface area contributed by atoms with E-state index in [4.69, 9.17) is 9.84 Å². The van der Waals surface area contributed by atoms with Gasteiger partial charge < -0.3 is 9.84 Å². The largest absolute Gasteiger partial charge is 0.391 e. The molecule has 104 valence electrons. The Balaban J connectivity index is 2.78. The third kappa shape index (κ3) is 4.33. The van der Waals surface area contributed by atoms with Crippen LogP contribution in [-0.2, 0) is 21.4 Å². The van der Waals surface area contributed by atoms with Gasteiger partial charge in [0, 0.05) is 23.4 Å². The molecule has 1 unspecified atom stereocenters. The van der Waals surface area contributed by atoms with Gasteiger partial charge in [0.1, 0.15) is 0 Å². The predicted molar refractivity (Wildman–Crippen MR) is 71.1 cm³/mol. The number of methoxy groups -OCH3 is 1. The van der Waals surface area contributed by atoms with Crippen LogP contribution in [0.15, 0.2) is 16.3 Å². The molecule has 0 aromatic carbocycles. The molecule has 1 aromatic rings. The van der Waals surface area contributed by atoms with Crippen molar-refractivity contribution >= 4 is 21.4 Å². The maximum Gasteiger partial charge on any atom is 0.241 e. The van der Waals surface area contributed by atoms with Crippen LogP contribution in [0.5, 0.6) is 0 Å². The lowest BCUT2D eigenvalue weighted by atomic mass is 10.2. The average Bonchev–Trinajstić information content (AvgIpc) is 2.78. The monoisotopic (exact) mass is 293 g/mol. The van der Waals surface area contributed by atoms with E-state index < -0.39 is 10.0 Å². The van der Waals surface area contributed by atoms with E-state index in [1.165, 1.54) is 22.8 Å². The van der Waals surface area contributed by atoms with Crippen LogP contribution in [0.4, 0.5) is 0 Å². The van der Waals surface area contributed by atoms with Gasteiger partial charge in [-0.3, -0.25) is 0 Å². The van der Waals surface area contributed by atoms with Gasteiger partial charge in [0.15, 0.2) is 0 Å². The third-order valence-electron chi connectivity index (χ3n) is 2.42. The van der Waals surface area contributed by atoms with Gasteiger partial charge in [-0.05, 0) is 12.5 Å². The molecule has 1 rings (SSSR count). The molecule has 0 aliphatic rings. The summed E-state index contributed by atoms with van der Waals surface area (Å²) in [5, 5.41) is 10.5. The molecule has 1 aromatic heterocycles. The van der Waals surface area contributed by atoms with Crippen molar-refractivity contribution in [3.63, 3.8) is 0 Å². The summed E-state index contributed by atoms with van der Waals surface area (Å²) >= 11 is 1.23. The van der Waals surface area contributed by atoms with Crippen LogP contribution >= 0.6 is 11.3 Å². The number of aliphatic hydroxyl groups excluding tert-OH is 1. The number of thiophene rings is 1. The Kier molecular flexibility index (Phi) is 6.24. The van der Waals surface area contributed by atoms with Crippen LogP contribution in [0.25, 0.3) is 0 Å². The molecule has 5 nitrogen and oxygen atoms in total. The number of ether oxygens (including phenoxy) is 1. The average molecular weight is 293 g/mol. The second-order valence-electron chi connectivity index (χ2n) is 3.97. The van der Waals surface area contributed by atoms with Crippen molar-refractivity contribution in [1.82, 2.24) is 4.72 Å². The highest BCUT2D eigenvalue weighted by Crippen LogP contribution is 2.19. The fourth-order valence-corrected chi connectivity index (χ4v) is 3.99. The van der Waals surface area contributed by atoms with E-state index >= 15 is 0 Å². The van der Waals surface area contributed by atoms with Crippen LogP contribution in [0, 0.1) is 0 Å². The Labute approximate surface area is 112 Å². The van der Waals surface area contributed by atoms with Crippen molar-refractivity contribution < 1.29 is 18.3 Å². The molecule has 0 aliphatic heterocycles. The highest BCUT2D eigenvalue weighted by atomic mass is 32.2. The van der Waals surface area contributed by atoms with Crippen LogP contribution < -0.4 is 4.72 Å². The molecular weight excluding hydrogens is 274 g/mol. The molecule has 0 radical (unpaired) electrons. The van der Waals surface area contributed by atoms with Crippen molar-refractivity contribution in [3.8, 4) is 0 Å². The van der Waals surface area contributed by atoms with Gasteiger partial charge in [0.05, 0.1) is 18.1 Å². The first-order valence-electron chi connectivity index (χ1n) is 5.73. The Morgan fingerprint density at radius 2 is 2.28 bits per heavy atom. The number of aliphatic hydroxyl groups is 1. The fourth-order valence-electron chi connectivity index (χ4n) is 1.60. The number of hydrogen-bond donors (Lipinski definition) is 2. The first-order chi connectivity index (χ1) is 8.53. The first kappa shape index (κ1) is 15.6. The Hall–Kier alpha value is -0.470. The lowest BCUT2D eigenvalue weighted by Gasteiger charge is -2.16.